The molecule has 0 spiro atoms. The fourth-order valence-corrected chi connectivity index (χ4v) is 5.84. The molecule has 0 saturated heterocycles. The van der Waals surface area contributed by atoms with Crippen LogP contribution in [0.3, 0.4) is 0 Å². The van der Waals surface area contributed by atoms with Crippen LogP contribution < -0.4 is 21.6 Å². The number of terminal acetylenes is 1. The molecule has 4 N–H and O–H groups in total. The van der Waals surface area contributed by atoms with Crippen LogP contribution in [0.2, 0.25) is 0 Å². The van der Waals surface area contributed by atoms with Gasteiger partial charge in [0.2, 0.25) is 5.95 Å². The minimum atomic E-state index is -0.924. The Morgan fingerprint density at radius 1 is 1.11 bits per heavy atom. The number of hydrazine groups is 2. The van der Waals surface area contributed by atoms with Crippen molar-refractivity contribution in [3.05, 3.63) is 106 Å². The average Bonchev–Trinajstić information content (AvgIpc) is 3.64. The summed E-state index contributed by atoms with van der Waals surface area (Å²) in [6, 6.07) is 11.9. The molecule has 2 aliphatic rings. The molecule has 1 aliphatic heterocycles. The highest BCUT2D eigenvalue weighted by molar-refractivity contribution is 5.99. The van der Waals surface area contributed by atoms with Gasteiger partial charge in [-0.15, -0.1) is 12.0 Å². The van der Waals surface area contributed by atoms with Gasteiger partial charge in [0.15, 0.2) is 0 Å². The van der Waals surface area contributed by atoms with Crippen molar-refractivity contribution in [2.75, 3.05) is 17.2 Å². The van der Waals surface area contributed by atoms with E-state index in [1.165, 1.54) is 24.3 Å². The lowest BCUT2D eigenvalue weighted by atomic mass is 9.96. The molecule has 0 unspecified atom stereocenters. The smallest absolute Gasteiger partial charge is 0.213 e. The predicted octanol–water partition coefficient (Wildman–Crippen LogP) is 6.68. The summed E-state index contributed by atoms with van der Waals surface area (Å²) in [6.07, 6.45) is 10.2. The predicted molar refractivity (Wildman–Crippen MR) is 171 cm³/mol. The lowest BCUT2D eigenvalue weighted by Gasteiger charge is -2.28. The van der Waals surface area contributed by atoms with Crippen molar-refractivity contribution in [1.29, 1.82) is 5.26 Å². The zero-order chi connectivity index (χ0) is 32.8. The molecule has 11 heteroatoms. The van der Waals surface area contributed by atoms with Crippen molar-refractivity contribution in [2.45, 2.75) is 52.1 Å². The molecule has 2 aromatic heterocycles. The Labute approximate surface area is 265 Å². The number of rotatable bonds is 8. The van der Waals surface area contributed by atoms with Crippen molar-refractivity contribution in [2.24, 2.45) is 5.41 Å². The third-order valence-electron chi connectivity index (χ3n) is 8.27. The Hall–Kier alpha value is -5.26. The molecular formula is C35H33F3N8. The van der Waals surface area contributed by atoms with Crippen LogP contribution in [0.5, 0.6) is 0 Å². The minimum absolute atomic E-state index is 0.00812. The minimum Gasteiger partial charge on any atom is -0.383 e. The highest BCUT2D eigenvalue weighted by atomic mass is 19.1. The van der Waals surface area contributed by atoms with E-state index in [4.69, 9.17) is 6.42 Å². The molecule has 46 heavy (non-hydrogen) atoms. The van der Waals surface area contributed by atoms with Crippen molar-refractivity contribution in [1.82, 2.24) is 25.9 Å². The van der Waals surface area contributed by atoms with Crippen molar-refractivity contribution >= 4 is 22.3 Å². The number of nitriles is 1. The van der Waals surface area contributed by atoms with E-state index in [1.807, 2.05) is 6.07 Å². The number of pyridine rings is 2. The quantitative estimate of drug-likeness (QED) is 0.128. The Bertz CT molecular complexity index is 1940. The van der Waals surface area contributed by atoms with Crippen LogP contribution in [0, 0.1) is 53.6 Å². The molecule has 1 atom stereocenters. The van der Waals surface area contributed by atoms with Gasteiger partial charge in [0, 0.05) is 41.3 Å². The lowest BCUT2D eigenvalue weighted by molar-refractivity contribution is 0.168. The van der Waals surface area contributed by atoms with Gasteiger partial charge in [0.25, 0.3) is 0 Å². The molecule has 4 aromatic rings. The number of aromatic nitrogens is 2. The summed E-state index contributed by atoms with van der Waals surface area (Å²) in [4.78, 5) is 8.55. The van der Waals surface area contributed by atoms with Crippen molar-refractivity contribution < 1.29 is 13.2 Å². The molecular weight excluding hydrogens is 589 g/mol. The summed E-state index contributed by atoms with van der Waals surface area (Å²) in [5.74, 6) is 0.828. The normalized spacial score (nSPS) is 15.8. The van der Waals surface area contributed by atoms with Crippen LogP contribution in [0.1, 0.15) is 67.6 Å². The van der Waals surface area contributed by atoms with Gasteiger partial charge in [0.05, 0.1) is 45.2 Å². The summed E-state index contributed by atoms with van der Waals surface area (Å²) < 4.78 is 43.9. The van der Waals surface area contributed by atoms with E-state index in [0.717, 1.165) is 0 Å². The fourth-order valence-electron chi connectivity index (χ4n) is 5.84. The second kappa shape index (κ2) is 11.6. The Kier molecular flexibility index (Phi) is 7.75. The molecule has 234 valence electrons. The van der Waals surface area contributed by atoms with Crippen LogP contribution in [-0.4, -0.2) is 21.5 Å². The van der Waals surface area contributed by atoms with E-state index in [2.05, 4.69) is 64.3 Å². The molecule has 8 nitrogen and oxygen atoms in total. The molecule has 1 saturated carbocycles. The lowest BCUT2D eigenvalue weighted by Crippen LogP contribution is -2.44. The topological polar surface area (TPSA) is 101 Å². The second-order valence-electron chi connectivity index (χ2n) is 12.8. The number of fused-ring (bicyclic) bond motifs is 1. The summed E-state index contributed by atoms with van der Waals surface area (Å²) in [5.41, 5.74) is 9.52. The van der Waals surface area contributed by atoms with Gasteiger partial charge in [-0.3, -0.25) is 9.99 Å². The van der Waals surface area contributed by atoms with Crippen LogP contribution >= 0.6 is 0 Å². The largest absolute Gasteiger partial charge is 0.383 e. The van der Waals surface area contributed by atoms with E-state index < -0.39 is 29.2 Å². The first-order valence-electron chi connectivity index (χ1n) is 14.9. The van der Waals surface area contributed by atoms with Crippen LogP contribution in [0.4, 0.5) is 24.5 Å². The van der Waals surface area contributed by atoms with Gasteiger partial charge < -0.3 is 16.1 Å². The average molecular weight is 623 g/mol. The maximum absolute atomic E-state index is 14.9. The number of hydrogen-bond donors (Lipinski definition) is 4. The number of anilines is 2. The van der Waals surface area contributed by atoms with Crippen LogP contribution in [0.15, 0.2) is 60.6 Å². The maximum atomic E-state index is 14.9. The molecule has 1 fully saturated rings. The zero-order valence-corrected chi connectivity index (χ0v) is 25.9. The standard InChI is InChI=1S/C35H33F3N8/c1-6-21-17-40-32-22(16-39)14-23(15-25(32)31(21)41-19-34(3,4)5)43-33(24-10-11-29(38)42-20(24)2)28-18-46(45-44-28)35(12-13-35)30-26(36)8-7-9-27(30)37/h1,7-11,14-15,17-18,33,43-45H,12-13,19H2,2-5H3,(H,40,41)/t33-/m0/s1. The summed E-state index contributed by atoms with van der Waals surface area (Å²) in [7, 11) is 0. The number of hydrogen-bond acceptors (Lipinski definition) is 8. The SMILES string of the molecule is C#Cc1cnc2c(C#N)cc(N[C@H](C3=CN(C4(c5c(F)cccc5F)CC4)NN3)c3ccc(F)nc3C)cc2c1NCC(C)(C)C. The Balaban J connectivity index is 1.44. The molecule has 6 rings (SSSR count). The van der Waals surface area contributed by atoms with Gasteiger partial charge in [0.1, 0.15) is 17.7 Å². The first-order chi connectivity index (χ1) is 21.9. The highest BCUT2D eigenvalue weighted by Gasteiger charge is 2.53. The third-order valence-corrected chi connectivity index (χ3v) is 8.27. The van der Waals surface area contributed by atoms with Gasteiger partial charge in [-0.05, 0) is 55.5 Å². The van der Waals surface area contributed by atoms with Gasteiger partial charge in [-0.1, -0.05) is 38.8 Å². The van der Waals surface area contributed by atoms with Crippen LogP contribution in [-0.2, 0) is 5.54 Å². The second-order valence-corrected chi connectivity index (χ2v) is 12.8. The molecule has 3 heterocycles. The third kappa shape index (κ3) is 5.66. The molecule has 1 aliphatic carbocycles. The summed E-state index contributed by atoms with van der Waals surface area (Å²) >= 11 is 0. The van der Waals surface area contributed by atoms with E-state index in [0.29, 0.717) is 69.7 Å². The highest BCUT2D eigenvalue weighted by Crippen LogP contribution is 2.53. The number of nitrogens with one attached hydrogen (secondary N) is 4. The van der Waals surface area contributed by atoms with E-state index in [1.54, 1.807) is 36.5 Å². The maximum Gasteiger partial charge on any atom is 0.213 e. The number of aryl methyl sites for hydroxylation is 1. The van der Waals surface area contributed by atoms with Crippen molar-refractivity contribution in [3.63, 3.8) is 0 Å². The van der Waals surface area contributed by atoms with E-state index in [-0.39, 0.29) is 11.0 Å². The fraction of sp³-hybridized carbons (Fsp3) is 0.286. The van der Waals surface area contributed by atoms with Crippen molar-refractivity contribution in [3.8, 4) is 18.4 Å². The summed E-state index contributed by atoms with van der Waals surface area (Å²) in [6.45, 7) is 8.61. The number of benzene rings is 2. The monoisotopic (exact) mass is 622 g/mol. The molecule has 0 amide bonds. The summed E-state index contributed by atoms with van der Waals surface area (Å²) in [5, 5.41) is 19.4. The van der Waals surface area contributed by atoms with Crippen LogP contribution in [0.25, 0.3) is 10.9 Å². The molecule has 0 bridgehead atoms. The zero-order valence-electron chi connectivity index (χ0n) is 25.9. The van der Waals surface area contributed by atoms with Gasteiger partial charge >= 0.3 is 0 Å². The molecule has 2 aromatic carbocycles. The first-order valence-corrected chi connectivity index (χ1v) is 14.9. The van der Waals surface area contributed by atoms with Gasteiger partial charge in [-0.2, -0.15) is 9.65 Å². The molecule has 0 radical (unpaired) electrons. The van der Waals surface area contributed by atoms with Gasteiger partial charge in [-0.25, -0.2) is 13.8 Å². The first kappa shape index (κ1) is 30.8. The number of halogens is 3. The van der Waals surface area contributed by atoms with E-state index >= 15 is 0 Å². The Morgan fingerprint density at radius 2 is 1.85 bits per heavy atom. The van der Waals surface area contributed by atoms with E-state index in [9.17, 15) is 18.4 Å². The Morgan fingerprint density at radius 3 is 2.48 bits per heavy atom. The number of nitrogens with zero attached hydrogens (tertiary/aromatic N) is 4.